The number of hydrogen-bond donors (Lipinski definition) is 1. The molecular weight excluding hydrogens is 246 g/mol. The number of rotatable bonds is 7. The molecule has 1 aromatic carbocycles. The summed E-state index contributed by atoms with van der Waals surface area (Å²) in [5, 5.41) is 4.39. The van der Waals surface area contributed by atoms with Gasteiger partial charge >= 0.3 is 0 Å². The fourth-order valence-corrected chi connectivity index (χ4v) is 2.10. The molecular formula is C15H24ClNO. The van der Waals surface area contributed by atoms with E-state index in [0.717, 1.165) is 30.0 Å². The SMILES string of the molecule is CCCNC(CC(C)OC)c1ccc(C)c(Cl)c1. The average Bonchev–Trinajstić information content (AvgIpc) is 2.37. The smallest absolute Gasteiger partial charge is 0.0561 e. The van der Waals surface area contributed by atoms with E-state index in [1.165, 1.54) is 5.56 Å². The van der Waals surface area contributed by atoms with E-state index in [9.17, 15) is 0 Å². The highest BCUT2D eigenvalue weighted by Crippen LogP contribution is 2.24. The largest absolute Gasteiger partial charge is 0.382 e. The van der Waals surface area contributed by atoms with Gasteiger partial charge in [-0.25, -0.2) is 0 Å². The van der Waals surface area contributed by atoms with Crippen molar-refractivity contribution in [3.05, 3.63) is 34.3 Å². The van der Waals surface area contributed by atoms with Crippen LogP contribution in [0.5, 0.6) is 0 Å². The van der Waals surface area contributed by atoms with Gasteiger partial charge in [0.15, 0.2) is 0 Å². The second kappa shape index (κ2) is 7.78. The van der Waals surface area contributed by atoms with Crippen molar-refractivity contribution in [3.63, 3.8) is 0 Å². The summed E-state index contributed by atoms with van der Waals surface area (Å²) in [5.74, 6) is 0. The molecule has 0 aliphatic rings. The van der Waals surface area contributed by atoms with Crippen molar-refractivity contribution in [2.75, 3.05) is 13.7 Å². The monoisotopic (exact) mass is 269 g/mol. The topological polar surface area (TPSA) is 21.3 Å². The number of methoxy groups -OCH3 is 1. The third-order valence-electron chi connectivity index (χ3n) is 3.21. The Morgan fingerprint density at radius 2 is 2.11 bits per heavy atom. The van der Waals surface area contributed by atoms with Crippen molar-refractivity contribution in [1.82, 2.24) is 5.32 Å². The zero-order valence-electron chi connectivity index (χ0n) is 11.8. The van der Waals surface area contributed by atoms with E-state index in [4.69, 9.17) is 16.3 Å². The molecule has 0 aromatic heterocycles. The lowest BCUT2D eigenvalue weighted by Crippen LogP contribution is -2.26. The Kier molecular flexibility index (Phi) is 6.69. The summed E-state index contributed by atoms with van der Waals surface area (Å²) in [5.41, 5.74) is 2.36. The van der Waals surface area contributed by atoms with E-state index in [1.54, 1.807) is 7.11 Å². The van der Waals surface area contributed by atoms with Gasteiger partial charge in [0.05, 0.1) is 6.10 Å². The summed E-state index contributed by atoms with van der Waals surface area (Å²) in [7, 11) is 1.75. The fraction of sp³-hybridized carbons (Fsp3) is 0.600. The van der Waals surface area contributed by atoms with Gasteiger partial charge in [-0.1, -0.05) is 30.7 Å². The molecule has 0 bridgehead atoms. The van der Waals surface area contributed by atoms with Crippen LogP contribution in [-0.4, -0.2) is 19.8 Å². The first-order chi connectivity index (χ1) is 8.58. The van der Waals surface area contributed by atoms with Crippen molar-refractivity contribution in [2.24, 2.45) is 0 Å². The van der Waals surface area contributed by atoms with Crippen molar-refractivity contribution in [1.29, 1.82) is 0 Å². The maximum Gasteiger partial charge on any atom is 0.0561 e. The van der Waals surface area contributed by atoms with Crippen LogP contribution >= 0.6 is 11.6 Å². The lowest BCUT2D eigenvalue weighted by molar-refractivity contribution is 0.100. The molecule has 1 N–H and O–H groups in total. The molecule has 0 spiro atoms. The predicted molar refractivity (Wildman–Crippen MR) is 78.3 cm³/mol. The zero-order valence-corrected chi connectivity index (χ0v) is 12.6. The first-order valence-corrected chi connectivity index (χ1v) is 6.98. The van der Waals surface area contributed by atoms with E-state index in [0.29, 0.717) is 6.04 Å². The highest BCUT2D eigenvalue weighted by Gasteiger charge is 2.15. The molecule has 0 aliphatic carbocycles. The zero-order chi connectivity index (χ0) is 13.5. The van der Waals surface area contributed by atoms with E-state index in [1.807, 2.05) is 6.92 Å². The molecule has 3 heteroatoms. The van der Waals surface area contributed by atoms with Crippen LogP contribution in [-0.2, 0) is 4.74 Å². The Morgan fingerprint density at radius 3 is 2.67 bits per heavy atom. The minimum atomic E-state index is 0.236. The van der Waals surface area contributed by atoms with Gasteiger partial charge in [0, 0.05) is 18.2 Å². The minimum Gasteiger partial charge on any atom is -0.382 e. The van der Waals surface area contributed by atoms with Gasteiger partial charge in [-0.15, -0.1) is 0 Å². The Morgan fingerprint density at radius 1 is 1.39 bits per heavy atom. The van der Waals surface area contributed by atoms with Crippen molar-refractivity contribution >= 4 is 11.6 Å². The molecule has 0 radical (unpaired) electrons. The van der Waals surface area contributed by atoms with Crippen LogP contribution in [0.25, 0.3) is 0 Å². The molecule has 0 saturated heterocycles. The summed E-state index contributed by atoms with van der Waals surface area (Å²) in [6, 6.07) is 6.59. The maximum absolute atomic E-state index is 6.20. The van der Waals surface area contributed by atoms with Gasteiger partial charge in [-0.05, 0) is 50.4 Å². The molecule has 0 aliphatic heterocycles. The molecule has 102 valence electrons. The molecule has 2 atom stereocenters. The van der Waals surface area contributed by atoms with E-state index >= 15 is 0 Å². The highest BCUT2D eigenvalue weighted by molar-refractivity contribution is 6.31. The normalized spacial score (nSPS) is 14.5. The number of hydrogen-bond acceptors (Lipinski definition) is 2. The number of halogens is 1. The number of aryl methyl sites for hydroxylation is 1. The third-order valence-corrected chi connectivity index (χ3v) is 3.62. The summed E-state index contributed by atoms with van der Waals surface area (Å²) in [6.45, 7) is 7.30. The Labute approximate surface area is 116 Å². The summed E-state index contributed by atoms with van der Waals surface area (Å²) in [4.78, 5) is 0. The maximum atomic E-state index is 6.20. The standard InChI is InChI=1S/C15H24ClNO/c1-5-8-17-15(9-12(3)18-4)13-7-6-11(2)14(16)10-13/h6-7,10,12,15,17H,5,8-9H2,1-4H3. The molecule has 18 heavy (non-hydrogen) atoms. The Hall–Kier alpha value is -0.570. The van der Waals surface area contributed by atoms with Crippen molar-refractivity contribution < 1.29 is 4.74 Å². The van der Waals surface area contributed by atoms with Gasteiger partial charge in [-0.3, -0.25) is 0 Å². The van der Waals surface area contributed by atoms with Crippen molar-refractivity contribution in [2.45, 2.75) is 45.8 Å². The van der Waals surface area contributed by atoms with Crippen LogP contribution in [0.1, 0.15) is 43.9 Å². The minimum absolute atomic E-state index is 0.236. The predicted octanol–water partition coefficient (Wildman–Crippen LogP) is 4.11. The first kappa shape index (κ1) is 15.5. The molecule has 0 saturated carbocycles. The van der Waals surface area contributed by atoms with Crippen LogP contribution in [0.2, 0.25) is 5.02 Å². The average molecular weight is 270 g/mol. The molecule has 2 unspecified atom stereocenters. The number of nitrogens with one attached hydrogen (secondary N) is 1. The lowest BCUT2D eigenvalue weighted by Gasteiger charge is -2.22. The molecule has 0 heterocycles. The summed E-state index contributed by atoms with van der Waals surface area (Å²) in [6.07, 6.45) is 2.31. The molecule has 2 nitrogen and oxygen atoms in total. The molecule has 0 fully saturated rings. The van der Waals surface area contributed by atoms with Gasteiger partial charge in [-0.2, -0.15) is 0 Å². The van der Waals surface area contributed by atoms with Crippen LogP contribution in [0.15, 0.2) is 18.2 Å². The van der Waals surface area contributed by atoms with Gasteiger partial charge in [0.2, 0.25) is 0 Å². The summed E-state index contributed by atoms with van der Waals surface area (Å²) < 4.78 is 5.36. The van der Waals surface area contributed by atoms with Crippen molar-refractivity contribution in [3.8, 4) is 0 Å². The van der Waals surface area contributed by atoms with Crippen LogP contribution in [0, 0.1) is 6.92 Å². The number of benzene rings is 1. The first-order valence-electron chi connectivity index (χ1n) is 6.60. The highest BCUT2D eigenvalue weighted by atomic mass is 35.5. The molecule has 1 aromatic rings. The van der Waals surface area contributed by atoms with Crippen LogP contribution < -0.4 is 5.32 Å². The number of ether oxygens (including phenoxy) is 1. The van der Waals surface area contributed by atoms with Gasteiger partial charge < -0.3 is 10.1 Å². The van der Waals surface area contributed by atoms with Gasteiger partial charge in [0.1, 0.15) is 0 Å². The Balaban J connectivity index is 2.82. The molecule has 1 rings (SSSR count). The lowest BCUT2D eigenvalue weighted by atomic mass is 9.99. The third kappa shape index (κ3) is 4.60. The fourth-order valence-electron chi connectivity index (χ4n) is 1.91. The van der Waals surface area contributed by atoms with E-state index in [-0.39, 0.29) is 6.10 Å². The second-order valence-electron chi connectivity index (χ2n) is 4.80. The van der Waals surface area contributed by atoms with Crippen LogP contribution in [0.4, 0.5) is 0 Å². The second-order valence-corrected chi connectivity index (χ2v) is 5.20. The quantitative estimate of drug-likeness (QED) is 0.804. The Bertz CT molecular complexity index is 368. The van der Waals surface area contributed by atoms with E-state index < -0.39 is 0 Å². The van der Waals surface area contributed by atoms with E-state index in [2.05, 4.69) is 37.4 Å². The molecule has 0 amide bonds. The van der Waals surface area contributed by atoms with Gasteiger partial charge in [0.25, 0.3) is 0 Å². The van der Waals surface area contributed by atoms with Crippen LogP contribution in [0.3, 0.4) is 0 Å². The summed E-state index contributed by atoms with van der Waals surface area (Å²) >= 11 is 6.20.